The summed E-state index contributed by atoms with van der Waals surface area (Å²) in [5.74, 6) is 1.67. The molecule has 2 aliphatic rings. The number of amides is 1. The van der Waals surface area contributed by atoms with Gasteiger partial charge in [-0.1, -0.05) is 24.3 Å². The molecule has 5 nitrogen and oxygen atoms in total. The Morgan fingerprint density at radius 1 is 1.25 bits per heavy atom. The predicted molar refractivity (Wildman–Crippen MR) is 125 cm³/mol. The van der Waals surface area contributed by atoms with Crippen LogP contribution >= 0.6 is 0 Å². The standard InChI is InChI=1S/C27H28N2O3/c1-3-18-17-29(27(30)19-7-5-4-6-8-19)14-12-20(18)15-25-26(32-25)22-11-13-28-24-10-9-21(31-2)16-23(22)24/h3-11,13,16,18,20,25-26H,1,12,14-15,17H2,2H3/t18-,20-,25+,26+/m0/s1. The highest BCUT2D eigenvalue weighted by molar-refractivity contribution is 5.94. The predicted octanol–water partition coefficient (Wildman–Crippen LogP) is 5.04. The number of benzene rings is 2. The van der Waals surface area contributed by atoms with Gasteiger partial charge < -0.3 is 14.4 Å². The van der Waals surface area contributed by atoms with E-state index in [4.69, 9.17) is 9.47 Å². The summed E-state index contributed by atoms with van der Waals surface area (Å²) in [4.78, 5) is 19.3. The van der Waals surface area contributed by atoms with E-state index in [1.165, 1.54) is 5.56 Å². The molecular weight excluding hydrogens is 400 g/mol. The highest BCUT2D eigenvalue weighted by Crippen LogP contribution is 2.47. The number of ether oxygens (including phenoxy) is 2. The van der Waals surface area contributed by atoms with E-state index in [1.807, 2.05) is 65.7 Å². The minimum absolute atomic E-state index is 0.0852. The van der Waals surface area contributed by atoms with Crippen LogP contribution in [-0.4, -0.2) is 42.1 Å². The van der Waals surface area contributed by atoms with Crippen LogP contribution in [0.4, 0.5) is 0 Å². The molecular formula is C27H28N2O3. The molecule has 5 rings (SSSR count). The van der Waals surface area contributed by atoms with E-state index < -0.39 is 0 Å². The van der Waals surface area contributed by atoms with Gasteiger partial charge in [0.05, 0.1) is 18.7 Å². The monoisotopic (exact) mass is 428 g/mol. The van der Waals surface area contributed by atoms with E-state index >= 15 is 0 Å². The summed E-state index contributed by atoms with van der Waals surface area (Å²) in [5.41, 5.74) is 2.87. The van der Waals surface area contributed by atoms with Crippen molar-refractivity contribution in [3.8, 4) is 5.75 Å². The van der Waals surface area contributed by atoms with E-state index in [2.05, 4.69) is 17.6 Å². The molecule has 2 fully saturated rings. The first-order chi connectivity index (χ1) is 15.7. The van der Waals surface area contributed by atoms with Crippen molar-refractivity contribution in [1.29, 1.82) is 0 Å². The first-order valence-electron chi connectivity index (χ1n) is 11.2. The van der Waals surface area contributed by atoms with Crippen LogP contribution in [0, 0.1) is 11.8 Å². The van der Waals surface area contributed by atoms with Crippen molar-refractivity contribution in [2.45, 2.75) is 25.0 Å². The van der Waals surface area contributed by atoms with Crippen LogP contribution in [0.5, 0.6) is 5.75 Å². The molecule has 0 bridgehead atoms. The Hall–Kier alpha value is -3.18. The van der Waals surface area contributed by atoms with Gasteiger partial charge in [0.15, 0.2) is 0 Å². The summed E-state index contributed by atoms with van der Waals surface area (Å²) >= 11 is 0. The third-order valence-electron chi connectivity index (χ3n) is 6.82. The number of rotatable bonds is 6. The number of hydrogen-bond donors (Lipinski definition) is 0. The van der Waals surface area contributed by atoms with Crippen LogP contribution in [0.1, 0.15) is 34.9 Å². The number of piperidine rings is 1. The molecule has 1 aromatic heterocycles. The Kier molecular flexibility index (Phi) is 5.66. The van der Waals surface area contributed by atoms with E-state index in [0.29, 0.717) is 12.5 Å². The normalized spacial score (nSPS) is 24.8. The molecule has 5 heteroatoms. The second kappa shape index (κ2) is 8.75. The van der Waals surface area contributed by atoms with Crippen molar-refractivity contribution in [3.63, 3.8) is 0 Å². The molecule has 4 atom stereocenters. The summed E-state index contributed by atoms with van der Waals surface area (Å²) in [6.07, 6.45) is 6.08. The number of likely N-dealkylation sites (tertiary alicyclic amines) is 1. The highest BCUT2D eigenvalue weighted by Gasteiger charge is 2.44. The molecule has 0 N–H and O–H groups in total. The van der Waals surface area contributed by atoms with Gasteiger partial charge in [-0.05, 0) is 66.6 Å². The van der Waals surface area contributed by atoms with Crippen LogP contribution in [0.3, 0.4) is 0 Å². The van der Waals surface area contributed by atoms with Gasteiger partial charge in [0.1, 0.15) is 11.9 Å². The molecule has 2 aromatic carbocycles. The van der Waals surface area contributed by atoms with Gasteiger partial charge in [-0.25, -0.2) is 0 Å². The summed E-state index contributed by atoms with van der Waals surface area (Å²) in [6, 6.07) is 17.5. The van der Waals surface area contributed by atoms with E-state index in [-0.39, 0.29) is 24.0 Å². The zero-order valence-electron chi connectivity index (χ0n) is 18.3. The summed E-state index contributed by atoms with van der Waals surface area (Å²) < 4.78 is 11.5. The highest BCUT2D eigenvalue weighted by atomic mass is 16.6. The Morgan fingerprint density at radius 3 is 2.88 bits per heavy atom. The van der Waals surface area contributed by atoms with E-state index in [0.717, 1.165) is 41.6 Å². The Morgan fingerprint density at radius 2 is 2.09 bits per heavy atom. The minimum Gasteiger partial charge on any atom is -0.497 e. The zero-order chi connectivity index (χ0) is 22.1. The van der Waals surface area contributed by atoms with Crippen molar-refractivity contribution in [1.82, 2.24) is 9.88 Å². The van der Waals surface area contributed by atoms with Gasteiger partial charge in [0.2, 0.25) is 0 Å². The number of carbonyl (C=O) groups excluding carboxylic acids is 1. The number of fused-ring (bicyclic) bond motifs is 1. The Balaban J connectivity index is 1.26. The van der Waals surface area contributed by atoms with E-state index in [1.54, 1.807) is 7.11 Å². The second-order valence-electron chi connectivity index (χ2n) is 8.68. The molecule has 1 amide bonds. The van der Waals surface area contributed by atoms with Gasteiger partial charge in [-0.2, -0.15) is 0 Å². The second-order valence-corrected chi connectivity index (χ2v) is 8.68. The fraction of sp³-hybridized carbons (Fsp3) is 0.333. The minimum atomic E-state index is 0.0852. The van der Waals surface area contributed by atoms with Crippen molar-refractivity contribution >= 4 is 16.8 Å². The van der Waals surface area contributed by atoms with E-state index in [9.17, 15) is 4.79 Å². The molecule has 0 unspecified atom stereocenters. The number of hydrogen-bond acceptors (Lipinski definition) is 4. The lowest BCUT2D eigenvalue weighted by atomic mass is 9.81. The van der Waals surface area contributed by atoms with Crippen LogP contribution in [0.15, 0.2) is 73.4 Å². The molecule has 2 saturated heterocycles. The molecule has 0 spiro atoms. The molecule has 2 aliphatic heterocycles. The van der Waals surface area contributed by atoms with Crippen molar-refractivity contribution < 1.29 is 14.3 Å². The average molecular weight is 429 g/mol. The lowest BCUT2D eigenvalue weighted by molar-refractivity contribution is 0.0626. The molecule has 0 radical (unpaired) electrons. The SMILES string of the molecule is C=C[C@H]1CN(C(=O)c2ccccc2)CC[C@H]1C[C@H]1O[C@@H]1c1ccnc2ccc(OC)cc12. The fourth-order valence-corrected chi connectivity index (χ4v) is 4.95. The first kappa shape index (κ1) is 20.7. The number of pyridine rings is 1. The third kappa shape index (κ3) is 4.00. The van der Waals surface area contributed by atoms with Crippen LogP contribution in [0.25, 0.3) is 10.9 Å². The first-order valence-corrected chi connectivity index (χ1v) is 11.2. The fourth-order valence-electron chi connectivity index (χ4n) is 4.95. The molecule has 32 heavy (non-hydrogen) atoms. The maximum Gasteiger partial charge on any atom is 0.253 e. The molecule has 3 heterocycles. The number of epoxide rings is 1. The summed E-state index contributed by atoms with van der Waals surface area (Å²) in [5, 5.41) is 1.09. The molecule has 164 valence electrons. The Labute approximate surface area is 188 Å². The third-order valence-corrected chi connectivity index (χ3v) is 6.82. The quantitative estimate of drug-likeness (QED) is 0.408. The van der Waals surface area contributed by atoms with Gasteiger partial charge in [-0.15, -0.1) is 6.58 Å². The van der Waals surface area contributed by atoms with Gasteiger partial charge >= 0.3 is 0 Å². The van der Waals surface area contributed by atoms with Crippen LogP contribution in [-0.2, 0) is 4.74 Å². The molecule has 0 aliphatic carbocycles. The van der Waals surface area contributed by atoms with Crippen molar-refractivity contribution in [2.75, 3.05) is 20.2 Å². The van der Waals surface area contributed by atoms with Gasteiger partial charge in [0, 0.05) is 30.2 Å². The lowest BCUT2D eigenvalue weighted by Gasteiger charge is -2.37. The summed E-state index contributed by atoms with van der Waals surface area (Å²) in [7, 11) is 1.68. The van der Waals surface area contributed by atoms with Crippen LogP contribution in [0.2, 0.25) is 0 Å². The van der Waals surface area contributed by atoms with Crippen molar-refractivity contribution in [3.05, 3.63) is 84.6 Å². The maximum atomic E-state index is 12.9. The maximum absolute atomic E-state index is 12.9. The van der Waals surface area contributed by atoms with Gasteiger partial charge in [-0.3, -0.25) is 9.78 Å². The summed E-state index contributed by atoms with van der Waals surface area (Å²) in [6.45, 7) is 5.56. The smallest absolute Gasteiger partial charge is 0.253 e. The number of nitrogens with zero attached hydrogens (tertiary/aromatic N) is 2. The number of carbonyl (C=O) groups is 1. The average Bonchev–Trinajstić information content (AvgIpc) is 3.62. The molecule has 0 saturated carbocycles. The number of aromatic nitrogens is 1. The zero-order valence-corrected chi connectivity index (χ0v) is 18.3. The van der Waals surface area contributed by atoms with Gasteiger partial charge in [0.25, 0.3) is 5.91 Å². The van der Waals surface area contributed by atoms with Crippen LogP contribution < -0.4 is 4.74 Å². The Bertz CT molecular complexity index is 1130. The van der Waals surface area contributed by atoms with Crippen molar-refractivity contribution in [2.24, 2.45) is 11.8 Å². The lowest BCUT2D eigenvalue weighted by Crippen LogP contribution is -2.43. The largest absolute Gasteiger partial charge is 0.497 e. The number of methoxy groups -OCH3 is 1. The molecule has 3 aromatic rings. The topological polar surface area (TPSA) is 55.0 Å².